The van der Waals surface area contributed by atoms with Crippen LogP contribution >= 0.6 is 7.82 Å². The predicted octanol–water partition coefficient (Wildman–Crippen LogP) is 9.07. The van der Waals surface area contributed by atoms with Gasteiger partial charge in [0.25, 0.3) is 0 Å². The molecule has 45 heavy (non-hydrogen) atoms. The van der Waals surface area contributed by atoms with Gasteiger partial charge in [0.15, 0.2) is 6.10 Å². The van der Waals surface area contributed by atoms with Crippen molar-refractivity contribution in [3.8, 4) is 0 Å². The van der Waals surface area contributed by atoms with Crippen LogP contribution in [0.4, 0.5) is 0 Å². The summed E-state index contributed by atoms with van der Waals surface area (Å²) in [5.41, 5.74) is 0. The molecule has 2 atom stereocenters. The topological polar surface area (TPSA) is 108 Å². The van der Waals surface area contributed by atoms with E-state index >= 15 is 0 Å². The Morgan fingerprint density at radius 2 is 1.18 bits per heavy atom. The van der Waals surface area contributed by atoms with Crippen molar-refractivity contribution in [3.63, 3.8) is 0 Å². The minimum absolute atomic E-state index is 0.0314. The van der Waals surface area contributed by atoms with Gasteiger partial charge < -0.3 is 18.9 Å². The number of phosphoric acid groups is 1. The van der Waals surface area contributed by atoms with Crippen LogP contribution in [-0.2, 0) is 32.7 Å². The molecule has 0 spiro atoms. The molecule has 266 valence electrons. The van der Waals surface area contributed by atoms with E-state index in [1.807, 2.05) is 21.1 Å². The van der Waals surface area contributed by atoms with Crippen LogP contribution in [-0.4, -0.2) is 74.9 Å². The number of carbonyl (C=O) groups excluding carboxylic acids is 2. The summed E-state index contributed by atoms with van der Waals surface area (Å²) in [6.07, 6.45) is 27.9. The minimum atomic E-state index is -4.33. The Kier molecular flexibility index (Phi) is 28.1. The maximum absolute atomic E-state index is 12.4. The molecule has 10 heteroatoms. The molecule has 2 unspecified atom stereocenters. The van der Waals surface area contributed by atoms with Gasteiger partial charge in [-0.05, 0) is 32.1 Å². The van der Waals surface area contributed by atoms with Gasteiger partial charge in [-0.15, -0.1) is 0 Å². The summed E-state index contributed by atoms with van der Waals surface area (Å²) in [6, 6.07) is 0. The number of quaternary nitrogens is 1. The van der Waals surface area contributed by atoms with Gasteiger partial charge in [0, 0.05) is 12.8 Å². The third-order valence-corrected chi connectivity index (χ3v) is 8.58. The lowest BCUT2D eigenvalue weighted by Crippen LogP contribution is -2.37. The number of esters is 2. The lowest BCUT2D eigenvalue weighted by atomic mass is 10.1. The summed E-state index contributed by atoms with van der Waals surface area (Å²) < 4.78 is 33.3. The fourth-order valence-electron chi connectivity index (χ4n) is 4.69. The Balaban J connectivity index is 3.91. The van der Waals surface area contributed by atoms with Crippen molar-refractivity contribution in [1.29, 1.82) is 0 Å². The zero-order valence-corrected chi connectivity index (χ0v) is 30.5. The van der Waals surface area contributed by atoms with Crippen molar-refractivity contribution < 1.29 is 42.1 Å². The first-order valence-corrected chi connectivity index (χ1v) is 19.4. The number of unbranched alkanes of at least 4 members (excludes halogenated alkanes) is 17. The standard InChI is InChI=1S/C35H68NO8P/c1-6-8-9-10-11-12-13-14-15-16-17-18-19-20-21-22-23-24-25-26-27-28-35(38)44-33(31-41-34(37)7-2)32-43-45(39,40)42-30-29-36(3,4)5/h16-17,33H,6-15,18-32H2,1-5H3/p+1/b17-16-. The van der Waals surface area contributed by atoms with Gasteiger partial charge in [-0.25, -0.2) is 4.57 Å². The highest BCUT2D eigenvalue weighted by Crippen LogP contribution is 2.43. The second-order valence-electron chi connectivity index (χ2n) is 13.2. The zero-order chi connectivity index (χ0) is 33.7. The van der Waals surface area contributed by atoms with E-state index in [0.717, 1.165) is 19.3 Å². The average Bonchev–Trinajstić information content (AvgIpc) is 2.98. The van der Waals surface area contributed by atoms with Crippen LogP contribution in [0.3, 0.4) is 0 Å². The average molecular weight is 663 g/mol. The highest BCUT2D eigenvalue weighted by atomic mass is 31.2. The third kappa shape index (κ3) is 32.5. The molecule has 0 saturated carbocycles. The molecule has 0 aliphatic heterocycles. The highest BCUT2D eigenvalue weighted by molar-refractivity contribution is 7.47. The molecule has 0 saturated heterocycles. The molecule has 0 aromatic carbocycles. The Morgan fingerprint density at radius 3 is 1.67 bits per heavy atom. The molecule has 0 aliphatic rings. The van der Waals surface area contributed by atoms with Crippen LogP contribution in [0.15, 0.2) is 12.2 Å². The fourth-order valence-corrected chi connectivity index (χ4v) is 5.44. The number of ether oxygens (including phenoxy) is 2. The van der Waals surface area contributed by atoms with Gasteiger partial charge in [-0.1, -0.05) is 116 Å². The quantitative estimate of drug-likeness (QED) is 0.0250. The van der Waals surface area contributed by atoms with E-state index in [0.29, 0.717) is 17.4 Å². The second kappa shape index (κ2) is 28.9. The monoisotopic (exact) mass is 662 g/mol. The maximum atomic E-state index is 12.4. The number of rotatable bonds is 32. The smallest absolute Gasteiger partial charge is 0.462 e. The summed E-state index contributed by atoms with van der Waals surface area (Å²) in [5, 5.41) is 0. The first-order valence-electron chi connectivity index (χ1n) is 17.9. The van der Waals surface area contributed by atoms with E-state index in [-0.39, 0.29) is 26.1 Å². The number of allylic oxidation sites excluding steroid dienone is 2. The summed E-state index contributed by atoms with van der Waals surface area (Å²) in [4.78, 5) is 33.9. The summed E-state index contributed by atoms with van der Waals surface area (Å²) in [5.74, 6) is -0.898. The van der Waals surface area contributed by atoms with E-state index in [1.54, 1.807) is 6.92 Å². The molecule has 0 radical (unpaired) electrons. The van der Waals surface area contributed by atoms with Crippen LogP contribution in [0.5, 0.6) is 0 Å². The minimum Gasteiger partial charge on any atom is -0.462 e. The number of hydrogen-bond donors (Lipinski definition) is 1. The molecule has 0 fully saturated rings. The van der Waals surface area contributed by atoms with Crippen molar-refractivity contribution in [3.05, 3.63) is 12.2 Å². The summed E-state index contributed by atoms with van der Waals surface area (Å²) >= 11 is 0. The second-order valence-corrected chi connectivity index (χ2v) is 14.7. The largest absolute Gasteiger partial charge is 0.472 e. The number of hydrogen-bond acceptors (Lipinski definition) is 7. The van der Waals surface area contributed by atoms with Gasteiger partial charge in [0.05, 0.1) is 27.7 Å². The Bertz CT molecular complexity index is 799. The normalized spacial score (nSPS) is 14.0. The van der Waals surface area contributed by atoms with Gasteiger partial charge >= 0.3 is 19.8 Å². The Morgan fingerprint density at radius 1 is 0.689 bits per heavy atom. The van der Waals surface area contributed by atoms with Crippen LogP contribution in [0.2, 0.25) is 0 Å². The lowest BCUT2D eigenvalue weighted by Gasteiger charge is -2.24. The van der Waals surface area contributed by atoms with E-state index in [2.05, 4.69) is 19.1 Å². The van der Waals surface area contributed by atoms with E-state index in [1.165, 1.54) is 96.3 Å². The van der Waals surface area contributed by atoms with E-state index < -0.39 is 32.5 Å². The Hall–Kier alpha value is -1.25. The molecular formula is C35H69NO8P+. The first kappa shape index (κ1) is 43.8. The van der Waals surface area contributed by atoms with Crippen LogP contribution in [0, 0.1) is 0 Å². The van der Waals surface area contributed by atoms with E-state index in [9.17, 15) is 19.0 Å². The van der Waals surface area contributed by atoms with Crippen LogP contribution < -0.4 is 0 Å². The molecule has 9 nitrogen and oxygen atoms in total. The van der Waals surface area contributed by atoms with Crippen LogP contribution in [0.1, 0.15) is 149 Å². The number of likely N-dealkylation sites (N-methyl/N-ethyl adjacent to an activating group) is 1. The highest BCUT2D eigenvalue weighted by Gasteiger charge is 2.26. The lowest BCUT2D eigenvalue weighted by molar-refractivity contribution is -0.870. The number of carbonyl (C=O) groups is 2. The third-order valence-electron chi connectivity index (χ3n) is 7.60. The molecule has 0 aromatic heterocycles. The van der Waals surface area contributed by atoms with Crippen molar-refractivity contribution in [2.24, 2.45) is 0 Å². The van der Waals surface area contributed by atoms with Gasteiger partial charge in [0.1, 0.15) is 19.8 Å². The fraction of sp³-hybridized carbons (Fsp3) is 0.886. The molecule has 0 rings (SSSR count). The molecule has 0 aromatic rings. The van der Waals surface area contributed by atoms with E-state index in [4.69, 9.17) is 18.5 Å². The van der Waals surface area contributed by atoms with Gasteiger partial charge in [-0.2, -0.15) is 0 Å². The zero-order valence-electron chi connectivity index (χ0n) is 29.6. The van der Waals surface area contributed by atoms with Crippen molar-refractivity contribution >= 4 is 19.8 Å². The molecule has 0 heterocycles. The summed E-state index contributed by atoms with van der Waals surface area (Å²) in [6.45, 7) is 3.82. The summed E-state index contributed by atoms with van der Waals surface area (Å²) in [7, 11) is 1.47. The van der Waals surface area contributed by atoms with Gasteiger partial charge in [0.2, 0.25) is 0 Å². The number of nitrogens with zero attached hydrogens (tertiary/aromatic N) is 1. The first-order chi connectivity index (χ1) is 21.5. The molecule has 1 N–H and O–H groups in total. The van der Waals surface area contributed by atoms with Crippen molar-refractivity contribution in [2.75, 3.05) is 47.5 Å². The predicted molar refractivity (Wildman–Crippen MR) is 183 cm³/mol. The SMILES string of the molecule is CCCCCCCCCC/C=C\CCCCCCCCCCCC(=O)OC(COC(=O)CC)COP(=O)(O)OCC[N+](C)(C)C. The molecule has 0 bridgehead atoms. The molecule has 0 aliphatic carbocycles. The van der Waals surface area contributed by atoms with Crippen molar-refractivity contribution in [2.45, 2.75) is 155 Å². The maximum Gasteiger partial charge on any atom is 0.472 e. The van der Waals surface area contributed by atoms with Crippen molar-refractivity contribution in [1.82, 2.24) is 0 Å². The van der Waals surface area contributed by atoms with Crippen LogP contribution in [0.25, 0.3) is 0 Å². The van der Waals surface area contributed by atoms with Gasteiger partial charge in [-0.3, -0.25) is 18.6 Å². The molecular weight excluding hydrogens is 593 g/mol. The number of phosphoric ester groups is 1. The Labute approximate surface area is 276 Å². The molecule has 0 amide bonds.